The van der Waals surface area contributed by atoms with Crippen molar-refractivity contribution in [3.8, 4) is 17.0 Å². The monoisotopic (exact) mass is 486 g/mol. The normalized spacial score (nSPS) is 18.9. The number of carbonyl (C=O) groups excluding carboxylic acids is 3. The Balaban J connectivity index is 1.44. The van der Waals surface area contributed by atoms with Gasteiger partial charge in [-0.2, -0.15) is 0 Å². The predicted octanol–water partition coefficient (Wildman–Crippen LogP) is 3.33. The number of pyridine rings is 1. The van der Waals surface area contributed by atoms with Gasteiger partial charge in [0.1, 0.15) is 22.9 Å². The van der Waals surface area contributed by atoms with Crippen LogP contribution in [0.2, 0.25) is 0 Å². The average molecular weight is 486 g/mol. The van der Waals surface area contributed by atoms with Crippen LogP contribution in [0.1, 0.15) is 21.7 Å². The molecule has 1 saturated heterocycles. The molecule has 0 spiro atoms. The lowest BCUT2D eigenvalue weighted by Gasteiger charge is -2.29. The molecule has 6 rings (SSSR count). The first-order chi connectivity index (χ1) is 17.4. The summed E-state index contributed by atoms with van der Waals surface area (Å²) in [5, 5.41) is 5.37. The summed E-state index contributed by atoms with van der Waals surface area (Å²) >= 11 is 0. The molecule has 36 heavy (non-hydrogen) atoms. The maximum absolute atomic E-state index is 14.6. The Morgan fingerprint density at radius 1 is 1.11 bits per heavy atom. The second-order valence-corrected chi connectivity index (χ2v) is 8.66. The molecule has 2 aromatic heterocycles. The van der Waals surface area contributed by atoms with Crippen LogP contribution in [-0.2, 0) is 16.9 Å². The molecule has 1 fully saturated rings. The lowest BCUT2D eigenvalue weighted by molar-refractivity contribution is -0.125. The standard InChI is InChI=1S/C26H19FN4O5/c1-35-15-7-6-14-12-31(23(32)17(14)10-15)13-26(24(33)29-25(34)30-26)21-11-18-20(36-21)8-9-28-22(18)16-4-2-3-5-19(16)27/h2-11H,12-13H2,1H3,(H2,29,30,33,34)/t26-/m0/s1. The lowest BCUT2D eigenvalue weighted by atomic mass is 9.94. The van der Waals surface area contributed by atoms with Crippen LogP contribution >= 0.6 is 0 Å². The zero-order valence-corrected chi connectivity index (χ0v) is 19.0. The van der Waals surface area contributed by atoms with E-state index in [4.69, 9.17) is 9.15 Å². The van der Waals surface area contributed by atoms with Crippen LogP contribution < -0.4 is 15.4 Å². The summed E-state index contributed by atoms with van der Waals surface area (Å²) in [5.74, 6) is -0.781. The number of hydrogen-bond donors (Lipinski definition) is 2. The maximum atomic E-state index is 14.6. The topological polar surface area (TPSA) is 114 Å². The lowest BCUT2D eigenvalue weighted by Crippen LogP contribution is -2.52. The molecule has 2 aliphatic rings. The van der Waals surface area contributed by atoms with Crippen molar-refractivity contribution in [3.05, 3.63) is 83.5 Å². The molecule has 2 aromatic carbocycles. The molecule has 0 bridgehead atoms. The average Bonchev–Trinajstić information content (AvgIpc) is 3.53. The van der Waals surface area contributed by atoms with Crippen LogP contribution in [0.15, 0.2) is 65.2 Å². The molecule has 0 saturated carbocycles. The van der Waals surface area contributed by atoms with Crippen LogP contribution in [0.25, 0.3) is 22.2 Å². The molecule has 9 nitrogen and oxygen atoms in total. The molecule has 0 radical (unpaired) electrons. The van der Waals surface area contributed by atoms with E-state index in [0.717, 1.165) is 5.56 Å². The molecule has 2 aliphatic heterocycles. The number of fused-ring (bicyclic) bond motifs is 2. The highest BCUT2D eigenvalue weighted by molar-refractivity contribution is 6.08. The van der Waals surface area contributed by atoms with Crippen LogP contribution in [0, 0.1) is 5.82 Å². The molecule has 4 heterocycles. The van der Waals surface area contributed by atoms with Crippen molar-refractivity contribution in [2.24, 2.45) is 0 Å². The Labute approximate surface area is 203 Å². The molecule has 10 heteroatoms. The van der Waals surface area contributed by atoms with E-state index in [-0.39, 0.29) is 30.3 Å². The van der Waals surface area contributed by atoms with Gasteiger partial charge in [-0.15, -0.1) is 0 Å². The molecule has 0 unspecified atom stereocenters. The Kier molecular flexibility index (Phi) is 4.78. The third kappa shape index (κ3) is 3.22. The first kappa shape index (κ1) is 21.8. The summed E-state index contributed by atoms with van der Waals surface area (Å²) in [4.78, 5) is 44.5. The Morgan fingerprint density at radius 2 is 1.94 bits per heavy atom. The summed E-state index contributed by atoms with van der Waals surface area (Å²) in [7, 11) is 1.51. The van der Waals surface area contributed by atoms with E-state index in [9.17, 15) is 18.8 Å². The number of nitrogens with one attached hydrogen (secondary N) is 2. The number of benzene rings is 2. The number of imide groups is 1. The minimum atomic E-state index is -1.69. The molecule has 1 atom stereocenters. The van der Waals surface area contributed by atoms with E-state index in [1.54, 1.807) is 48.5 Å². The molecular weight excluding hydrogens is 467 g/mol. The summed E-state index contributed by atoms with van der Waals surface area (Å²) in [6.45, 7) is 0.0635. The highest BCUT2D eigenvalue weighted by Gasteiger charge is 2.53. The number of rotatable bonds is 5. The third-order valence-electron chi connectivity index (χ3n) is 6.56. The Morgan fingerprint density at radius 3 is 2.69 bits per heavy atom. The molecular formula is C26H19FN4O5. The Hall–Kier alpha value is -4.73. The highest BCUT2D eigenvalue weighted by Crippen LogP contribution is 2.37. The van der Waals surface area contributed by atoms with Gasteiger partial charge < -0.3 is 19.4 Å². The summed E-state index contributed by atoms with van der Waals surface area (Å²) in [6.07, 6.45) is 1.48. The van der Waals surface area contributed by atoms with E-state index in [2.05, 4.69) is 15.6 Å². The number of amides is 4. The van der Waals surface area contributed by atoms with Crippen molar-refractivity contribution in [1.29, 1.82) is 0 Å². The van der Waals surface area contributed by atoms with Crippen molar-refractivity contribution in [1.82, 2.24) is 20.5 Å². The highest BCUT2D eigenvalue weighted by atomic mass is 19.1. The SMILES string of the molecule is COc1ccc2c(c1)C(=O)N(C[C@@]1(c3cc4c(-c5ccccc5F)nccc4o3)NC(=O)NC1=O)C2. The quantitative estimate of drug-likeness (QED) is 0.419. The van der Waals surface area contributed by atoms with Gasteiger partial charge in [0.05, 0.1) is 19.3 Å². The number of ether oxygens (including phenoxy) is 1. The predicted molar refractivity (Wildman–Crippen MR) is 125 cm³/mol. The minimum Gasteiger partial charge on any atom is -0.497 e. The van der Waals surface area contributed by atoms with Crippen molar-refractivity contribution in [3.63, 3.8) is 0 Å². The number of halogens is 1. The van der Waals surface area contributed by atoms with Crippen molar-refractivity contribution >= 4 is 28.8 Å². The minimum absolute atomic E-state index is 0.104. The van der Waals surface area contributed by atoms with E-state index in [1.807, 2.05) is 0 Å². The third-order valence-corrected chi connectivity index (χ3v) is 6.56. The van der Waals surface area contributed by atoms with Gasteiger partial charge >= 0.3 is 6.03 Å². The van der Waals surface area contributed by atoms with Gasteiger partial charge in [-0.3, -0.25) is 19.9 Å². The van der Waals surface area contributed by atoms with Gasteiger partial charge in [0.15, 0.2) is 5.54 Å². The van der Waals surface area contributed by atoms with Gasteiger partial charge in [0.2, 0.25) is 0 Å². The largest absolute Gasteiger partial charge is 0.497 e. The van der Waals surface area contributed by atoms with Crippen LogP contribution in [0.5, 0.6) is 5.75 Å². The van der Waals surface area contributed by atoms with E-state index >= 15 is 0 Å². The summed E-state index contributed by atoms with van der Waals surface area (Å²) in [5.41, 5.74) is 0.499. The molecule has 180 valence electrons. The summed E-state index contributed by atoms with van der Waals surface area (Å²) < 4.78 is 25.8. The first-order valence-corrected chi connectivity index (χ1v) is 11.1. The van der Waals surface area contributed by atoms with Crippen LogP contribution in [-0.4, -0.2) is 41.4 Å². The molecule has 2 N–H and O–H groups in total. The van der Waals surface area contributed by atoms with Gasteiger partial charge in [-0.1, -0.05) is 18.2 Å². The smallest absolute Gasteiger partial charge is 0.322 e. The van der Waals surface area contributed by atoms with Gasteiger partial charge in [-0.05, 0) is 42.0 Å². The number of methoxy groups -OCH3 is 1. The number of furan rings is 1. The van der Waals surface area contributed by atoms with E-state index in [1.165, 1.54) is 24.3 Å². The van der Waals surface area contributed by atoms with Crippen LogP contribution in [0.4, 0.5) is 9.18 Å². The van der Waals surface area contributed by atoms with Crippen molar-refractivity contribution in [2.45, 2.75) is 12.1 Å². The zero-order chi connectivity index (χ0) is 25.0. The van der Waals surface area contributed by atoms with Gasteiger partial charge in [-0.25, -0.2) is 9.18 Å². The molecule has 4 aromatic rings. The van der Waals surface area contributed by atoms with Crippen molar-refractivity contribution in [2.75, 3.05) is 13.7 Å². The number of aromatic nitrogens is 1. The van der Waals surface area contributed by atoms with Crippen LogP contribution in [0.3, 0.4) is 0 Å². The van der Waals surface area contributed by atoms with Gasteiger partial charge in [0.25, 0.3) is 11.8 Å². The fraction of sp³-hybridized carbons (Fsp3) is 0.154. The van der Waals surface area contributed by atoms with Gasteiger partial charge in [0, 0.05) is 29.3 Å². The number of hydrogen-bond acceptors (Lipinski definition) is 6. The number of nitrogens with zero attached hydrogens (tertiary/aromatic N) is 2. The first-order valence-electron chi connectivity index (χ1n) is 11.1. The zero-order valence-electron chi connectivity index (χ0n) is 19.0. The fourth-order valence-corrected chi connectivity index (χ4v) is 4.78. The fourth-order valence-electron chi connectivity index (χ4n) is 4.78. The molecule has 4 amide bonds. The Bertz CT molecular complexity index is 1580. The van der Waals surface area contributed by atoms with E-state index < -0.39 is 23.3 Å². The number of urea groups is 1. The second kappa shape index (κ2) is 7.91. The molecule has 0 aliphatic carbocycles. The second-order valence-electron chi connectivity index (χ2n) is 8.66. The maximum Gasteiger partial charge on any atom is 0.322 e. The summed E-state index contributed by atoms with van der Waals surface area (Å²) in [6, 6.07) is 13.8. The van der Waals surface area contributed by atoms with Crippen molar-refractivity contribution < 1.29 is 27.9 Å². The number of carbonyl (C=O) groups is 3. The van der Waals surface area contributed by atoms with E-state index in [0.29, 0.717) is 28.0 Å².